The summed E-state index contributed by atoms with van der Waals surface area (Å²) in [7, 11) is -1.85. The molecule has 1 fully saturated rings. The molecule has 2 aromatic rings. The summed E-state index contributed by atoms with van der Waals surface area (Å²) in [6, 6.07) is 10.9. The lowest BCUT2D eigenvalue weighted by Gasteiger charge is -2.34. The number of amides is 1. The first kappa shape index (κ1) is 20.3. The van der Waals surface area contributed by atoms with Crippen LogP contribution >= 0.6 is 0 Å². The van der Waals surface area contributed by atoms with Gasteiger partial charge >= 0.3 is 0 Å². The minimum atomic E-state index is -3.28. The van der Waals surface area contributed by atoms with Gasteiger partial charge in [0.15, 0.2) is 21.4 Å². The quantitative estimate of drug-likeness (QED) is 0.762. The van der Waals surface area contributed by atoms with E-state index in [1.165, 1.54) is 25.3 Å². The van der Waals surface area contributed by atoms with Gasteiger partial charge in [0, 0.05) is 44.5 Å². The number of nitrogens with zero attached hydrogens (tertiary/aromatic N) is 2. The van der Waals surface area contributed by atoms with E-state index in [2.05, 4.69) is 4.90 Å². The van der Waals surface area contributed by atoms with Crippen molar-refractivity contribution in [2.75, 3.05) is 39.5 Å². The van der Waals surface area contributed by atoms with Crippen LogP contribution in [0.15, 0.2) is 47.4 Å². The lowest BCUT2D eigenvalue weighted by Crippen LogP contribution is -2.48. The smallest absolute Gasteiger partial charge is 0.253 e. The second-order valence-electron chi connectivity index (χ2n) is 6.83. The predicted octanol–water partition coefficient (Wildman–Crippen LogP) is 2.20. The Morgan fingerprint density at radius 2 is 1.71 bits per heavy atom. The minimum absolute atomic E-state index is 0.116. The van der Waals surface area contributed by atoms with Gasteiger partial charge in [0.1, 0.15) is 0 Å². The molecular weight excluding hydrogens is 383 g/mol. The highest BCUT2D eigenvalue weighted by atomic mass is 32.2. The molecule has 0 unspecified atom stereocenters. The Morgan fingerprint density at radius 3 is 2.25 bits per heavy atom. The molecule has 0 aliphatic carbocycles. The fraction of sp³-hybridized carbons (Fsp3) is 0.350. The van der Waals surface area contributed by atoms with Crippen molar-refractivity contribution in [2.24, 2.45) is 0 Å². The molecule has 0 bridgehead atoms. The number of carbonyl (C=O) groups excluding carboxylic acids is 1. The van der Waals surface area contributed by atoms with E-state index in [9.17, 15) is 17.6 Å². The van der Waals surface area contributed by atoms with Gasteiger partial charge in [0.05, 0.1) is 12.0 Å². The molecule has 1 amide bonds. The van der Waals surface area contributed by atoms with Gasteiger partial charge in [-0.25, -0.2) is 12.8 Å². The largest absolute Gasteiger partial charge is 0.494 e. The van der Waals surface area contributed by atoms with Crippen LogP contribution in [0.4, 0.5) is 4.39 Å². The first-order valence-electron chi connectivity index (χ1n) is 8.92. The van der Waals surface area contributed by atoms with Crippen molar-refractivity contribution in [2.45, 2.75) is 11.4 Å². The molecule has 0 saturated carbocycles. The van der Waals surface area contributed by atoms with E-state index in [1.807, 2.05) is 6.07 Å². The van der Waals surface area contributed by atoms with Crippen LogP contribution in [0.25, 0.3) is 0 Å². The molecule has 0 radical (unpaired) electrons. The van der Waals surface area contributed by atoms with Crippen molar-refractivity contribution in [1.82, 2.24) is 9.80 Å². The van der Waals surface area contributed by atoms with E-state index in [-0.39, 0.29) is 22.4 Å². The third-order valence-corrected chi connectivity index (χ3v) is 5.94. The SMILES string of the molecule is COc1ccc(CN2CCN(C(=O)c3ccc(S(C)(=O)=O)cc3)CC2)cc1F. The number of hydrogen-bond donors (Lipinski definition) is 0. The molecule has 0 spiro atoms. The normalized spacial score (nSPS) is 15.5. The van der Waals surface area contributed by atoms with E-state index in [1.54, 1.807) is 23.1 Å². The van der Waals surface area contributed by atoms with E-state index in [4.69, 9.17) is 4.74 Å². The average molecular weight is 406 g/mol. The predicted molar refractivity (Wildman–Crippen MR) is 104 cm³/mol. The maximum atomic E-state index is 13.8. The zero-order chi connectivity index (χ0) is 20.3. The topological polar surface area (TPSA) is 66.9 Å². The lowest BCUT2D eigenvalue weighted by atomic mass is 10.1. The fourth-order valence-corrected chi connectivity index (χ4v) is 3.83. The van der Waals surface area contributed by atoms with Crippen LogP contribution in [-0.2, 0) is 16.4 Å². The van der Waals surface area contributed by atoms with Gasteiger partial charge in [-0.1, -0.05) is 6.07 Å². The second-order valence-corrected chi connectivity index (χ2v) is 8.85. The molecule has 1 aliphatic rings. The Hall–Kier alpha value is -2.45. The number of sulfone groups is 1. The van der Waals surface area contributed by atoms with Crippen molar-refractivity contribution in [3.63, 3.8) is 0 Å². The number of ether oxygens (including phenoxy) is 1. The highest BCUT2D eigenvalue weighted by Gasteiger charge is 2.22. The van der Waals surface area contributed by atoms with Crippen LogP contribution in [0.2, 0.25) is 0 Å². The van der Waals surface area contributed by atoms with Gasteiger partial charge in [-0.3, -0.25) is 9.69 Å². The van der Waals surface area contributed by atoms with Crippen LogP contribution in [0, 0.1) is 5.82 Å². The molecule has 1 saturated heterocycles. The van der Waals surface area contributed by atoms with E-state index < -0.39 is 9.84 Å². The summed E-state index contributed by atoms with van der Waals surface area (Å²) in [5, 5.41) is 0. The molecule has 0 N–H and O–H groups in total. The standard InChI is InChI=1S/C20H23FN2O4S/c1-27-19-8-3-15(13-18(19)21)14-22-9-11-23(12-10-22)20(24)16-4-6-17(7-5-16)28(2,25)26/h3-8,13H,9-12,14H2,1-2H3. The third kappa shape index (κ3) is 4.69. The van der Waals surface area contributed by atoms with Crippen molar-refractivity contribution < 1.29 is 22.3 Å². The number of halogens is 1. The number of rotatable bonds is 5. The van der Waals surface area contributed by atoms with Crippen LogP contribution in [0.1, 0.15) is 15.9 Å². The molecule has 1 aliphatic heterocycles. The molecule has 0 aromatic heterocycles. The van der Waals surface area contributed by atoms with Gasteiger partial charge in [0.2, 0.25) is 0 Å². The zero-order valence-corrected chi connectivity index (χ0v) is 16.7. The summed E-state index contributed by atoms with van der Waals surface area (Å²) in [5.74, 6) is -0.275. The lowest BCUT2D eigenvalue weighted by molar-refractivity contribution is 0.0628. The molecule has 1 heterocycles. The Balaban J connectivity index is 1.57. The Kier molecular flexibility index (Phi) is 6.00. The molecular formula is C20H23FN2O4S. The monoisotopic (exact) mass is 406 g/mol. The summed E-state index contributed by atoms with van der Waals surface area (Å²) in [6.45, 7) is 3.09. The summed E-state index contributed by atoms with van der Waals surface area (Å²) < 4.78 is 41.8. The van der Waals surface area contributed by atoms with Gasteiger partial charge in [-0.05, 0) is 42.0 Å². The van der Waals surface area contributed by atoms with E-state index in [0.717, 1.165) is 11.8 Å². The van der Waals surface area contributed by atoms with Gasteiger partial charge < -0.3 is 9.64 Å². The summed E-state index contributed by atoms with van der Waals surface area (Å²) in [4.78, 5) is 16.7. The number of hydrogen-bond acceptors (Lipinski definition) is 5. The Bertz CT molecular complexity index is 953. The first-order chi connectivity index (χ1) is 13.3. The van der Waals surface area contributed by atoms with E-state index in [0.29, 0.717) is 38.3 Å². The van der Waals surface area contributed by atoms with Crippen molar-refractivity contribution in [3.05, 3.63) is 59.4 Å². The first-order valence-corrected chi connectivity index (χ1v) is 10.8. The summed E-state index contributed by atoms with van der Waals surface area (Å²) >= 11 is 0. The molecule has 2 aromatic carbocycles. The maximum Gasteiger partial charge on any atom is 0.253 e. The second kappa shape index (κ2) is 8.28. The number of carbonyl (C=O) groups is 1. The van der Waals surface area contributed by atoms with Crippen molar-refractivity contribution in [3.8, 4) is 5.75 Å². The Labute approximate surface area is 164 Å². The van der Waals surface area contributed by atoms with Gasteiger partial charge in [-0.2, -0.15) is 0 Å². The zero-order valence-electron chi connectivity index (χ0n) is 15.9. The number of piperazine rings is 1. The van der Waals surface area contributed by atoms with Crippen molar-refractivity contribution >= 4 is 15.7 Å². The number of benzene rings is 2. The summed E-state index contributed by atoms with van der Waals surface area (Å²) in [5.41, 5.74) is 1.33. The molecule has 28 heavy (non-hydrogen) atoms. The van der Waals surface area contributed by atoms with Crippen LogP contribution < -0.4 is 4.74 Å². The highest BCUT2D eigenvalue weighted by Crippen LogP contribution is 2.19. The van der Waals surface area contributed by atoms with Crippen molar-refractivity contribution in [1.29, 1.82) is 0 Å². The van der Waals surface area contributed by atoms with Crippen LogP contribution in [0.5, 0.6) is 5.75 Å². The molecule has 8 heteroatoms. The van der Waals surface area contributed by atoms with Crippen LogP contribution in [0.3, 0.4) is 0 Å². The molecule has 3 rings (SSSR count). The summed E-state index contributed by atoms with van der Waals surface area (Å²) in [6.07, 6.45) is 1.14. The molecule has 6 nitrogen and oxygen atoms in total. The number of methoxy groups -OCH3 is 1. The highest BCUT2D eigenvalue weighted by molar-refractivity contribution is 7.90. The third-order valence-electron chi connectivity index (χ3n) is 4.81. The van der Waals surface area contributed by atoms with E-state index >= 15 is 0 Å². The molecule has 150 valence electrons. The van der Waals surface area contributed by atoms with Gasteiger partial charge in [-0.15, -0.1) is 0 Å². The Morgan fingerprint density at radius 1 is 1.07 bits per heavy atom. The maximum absolute atomic E-state index is 13.8. The minimum Gasteiger partial charge on any atom is -0.494 e. The van der Waals surface area contributed by atoms with Gasteiger partial charge in [0.25, 0.3) is 5.91 Å². The molecule has 0 atom stereocenters. The average Bonchev–Trinajstić information content (AvgIpc) is 2.68. The van der Waals surface area contributed by atoms with Crippen LogP contribution in [-0.4, -0.2) is 63.7 Å². The fourth-order valence-electron chi connectivity index (χ4n) is 3.20.